The van der Waals surface area contributed by atoms with E-state index in [1.807, 2.05) is 4.57 Å². The Morgan fingerprint density at radius 3 is 2.17 bits per heavy atom. The molecule has 2 N–H and O–H groups in total. The Bertz CT molecular complexity index is 1060. The molecule has 2 aromatic heterocycles. The second-order valence-corrected chi connectivity index (χ2v) is 10.3. The lowest BCUT2D eigenvalue weighted by atomic mass is 9.89. The number of imidazole rings is 1. The minimum Gasteiger partial charge on any atom is -0.432 e. The van der Waals surface area contributed by atoms with Gasteiger partial charge in [-0.15, -0.1) is 0 Å². The molecule has 3 rings (SSSR count). The second-order valence-electron chi connectivity index (χ2n) is 8.35. The number of anilines is 1. The molecule has 0 radical (unpaired) electrons. The van der Waals surface area contributed by atoms with Crippen LogP contribution in [0, 0.1) is 0 Å². The summed E-state index contributed by atoms with van der Waals surface area (Å²) in [5, 5.41) is 0. The topological polar surface area (TPSA) is 185 Å². The SMILES string of the molecule is CC(C)OC(=O)OCOP(=O)(CO[C@H]1C[C@@H](n2cnc3c(N)ncnc32)C1)OCOC(=O)OC(C)C. The van der Waals surface area contributed by atoms with Crippen molar-refractivity contribution in [2.24, 2.45) is 0 Å². The van der Waals surface area contributed by atoms with Crippen molar-refractivity contribution < 1.29 is 46.9 Å². The first-order chi connectivity index (χ1) is 17.1. The van der Waals surface area contributed by atoms with E-state index in [0.29, 0.717) is 29.8 Å². The van der Waals surface area contributed by atoms with Crippen LogP contribution < -0.4 is 5.73 Å². The van der Waals surface area contributed by atoms with Gasteiger partial charge in [0.15, 0.2) is 11.5 Å². The first-order valence-corrected chi connectivity index (χ1v) is 12.9. The highest BCUT2D eigenvalue weighted by Crippen LogP contribution is 2.50. The third-order valence-electron chi connectivity index (χ3n) is 4.83. The fourth-order valence-electron chi connectivity index (χ4n) is 3.11. The van der Waals surface area contributed by atoms with Crippen molar-refractivity contribution in [2.75, 3.05) is 25.7 Å². The molecule has 0 aliphatic heterocycles. The summed E-state index contributed by atoms with van der Waals surface area (Å²) in [6.07, 6.45) is 0.563. The van der Waals surface area contributed by atoms with E-state index in [2.05, 4.69) is 15.0 Å². The largest absolute Gasteiger partial charge is 0.510 e. The molecule has 1 aliphatic carbocycles. The van der Waals surface area contributed by atoms with E-state index in [-0.39, 0.29) is 12.1 Å². The molecule has 2 aromatic rings. The lowest BCUT2D eigenvalue weighted by Gasteiger charge is -2.36. The summed E-state index contributed by atoms with van der Waals surface area (Å²) in [5.41, 5.74) is 6.95. The lowest BCUT2D eigenvalue weighted by molar-refractivity contribution is -0.0464. The fraction of sp³-hybridized carbons (Fsp3) is 0.650. The molecule has 0 unspecified atom stereocenters. The van der Waals surface area contributed by atoms with Gasteiger partial charge >= 0.3 is 19.9 Å². The van der Waals surface area contributed by atoms with Crippen LogP contribution in [0.1, 0.15) is 46.6 Å². The zero-order chi connectivity index (χ0) is 26.3. The molecular formula is C20H30N5O10P. The number of ether oxygens (including phenoxy) is 5. The molecule has 16 heteroatoms. The molecule has 36 heavy (non-hydrogen) atoms. The molecule has 1 aliphatic rings. The summed E-state index contributed by atoms with van der Waals surface area (Å²) in [4.78, 5) is 35.5. The van der Waals surface area contributed by atoms with E-state index in [1.165, 1.54) is 6.33 Å². The summed E-state index contributed by atoms with van der Waals surface area (Å²) >= 11 is 0. The van der Waals surface area contributed by atoms with Crippen molar-refractivity contribution in [3.63, 3.8) is 0 Å². The number of hydrogen-bond acceptors (Lipinski definition) is 14. The average molecular weight is 531 g/mol. The van der Waals surface area contributed by atoms with Crippen molar-refractivity contribution in [1.82, 2.24) is 19.5 Å². The van der Waals surface area contributed by atoms with Gasteiger partial charge in [0.2, 0.25) is 13.6 Å². The van der Waals surface area contributed by atoms with Gasteiger partial charge in [-0.1, -0.05) is 0 Å². The molecule has 0 spiro atoms. The van der Waals surface area contributed by atoms with Gasteiger partial charge in [0.1, 0.15) is 18.2 Å². The molecule has 15 nitrogen and oxygen atoms in total. The zero-order valence-corrected chi connectivity index (χ0v) is 21.3. The summed E-state index contributed by atoms with van der Waals surface area (Å²) in [6, 6.07) is 0.0406. The molecule has 0 atom stereocenters. The number of nitrogen functional groups attached to an aromatic ring is 1. The summed E-state index contributed by atoms with van der Waals surface area (Å²) in [7, 11) is -4.00. The summed E-state index contributed by atoms with van der Waals surface area (Å²) in [6.45, 7) is 5.10. The standard InChI is InChI=1S/C20H30N5O10P/c1-12(2)34-19(26)29-9-32-36(28,33-10-30-20(27)35-13(3)4)11-31-15-5-14(6-15)25-8-24-16-17(21)22-7-23-18(16)25/h7-8,12-15H,5-6,9-11H2,1-4H3,(H2,21,22,23)/t14-,15+. The third kappa shape index (κ3) is 7.75. The molecule has 200 valence electrons. The highest BCUT2D eigenvalue weighted by Gasteiger charge is 2.36. The van der Waals surface area contributed by atoms with E-state index in [4.69, 9.17) is 38.5 Å². The Morgan fingerprint density at radius 1 is 1.03 bits per heavy atom. The van der Waals surface area contributed by atoms with Gasteiger partial charge in [0.25, 0.3) is 0 Å². The Hall–Kier alpha value is -3.00. The van der Waals surface area contributed by atoms with Crippen LogP contribution in [0.15, 0.2) is 12.7 Å². The van der Waals surface area contributed by atoms with E-state index in [0.717, 1.165) is 0 Å². The van der Waals surface area contributed by atoms with Crippen LogP contribution in [-0.2, 0) is 37.3 Å². The monoisotopic (exact) mass is 531 g/mol. The number of hydrogen-bond donors (Lipinski definition) is 1. The number of fused-ring (bicyclic) bond motifs is 1. The molecule has 1 saturated carbocycles. The molecule has 0 amide bonds. The van der Waals surface area contributed by atoms with Crippen LogP contribution in [0.5, 0.6) is 0 Å². The van der Waals surface area contributed by atoms with Crippen LogP contribution in [-0.4, -0.2) is 70.1 Å². The Kier molecular flexibility index (Phi) is 9.43. The third-order valence-corrected chi connectivity index (χ3v) is 6.30. The van der Waals surface area contributed by atoms with Crippen LogP contribution in [0.2, 0.25) is 0 Å². The van der Waals surface area contributed by atoms with Gasteiger partial charge in [-0.25, -0.2) is 24.5 Å². The molecule has 0 bridgehead atoms. The maximum atomic E-state index is 13.1. The maximum absolute atomic E-state index is 13.1. The van der Waals surface area contributed by atoms with E-state index >= 15 is 0 Å². The van der Waals surface area contributed by atoms with E-state index < -0.39 is 52.0 Å². The van der Waals surface area contributed by atoms with Crippen molar-refractivity contribution in [3.05, 3.63) is 12.7 Å². The van der Waals surface area contributed by atoms with Crippen molar-refractivity contribution in [2.45, 2.75) is 64.9 Å². The average Bonchev–Trinajstić information content (AvgIpc) is 3.16. The molecule has 2 heterocycles. The summed E-state index contributed by atoms with van der Waals surface area (Å²) in [5.74, 6) is 0.292. The number of aromatic nitrogens is 4. The minimum absolute atomic E-state index is 0.0406. The Balaban J connectivity index is 1.51. The van der Waals surface area contributed by atoms with Crippen molar-refractivity contribution in [3.8, 4) is 0 Å². The van der Waals surface area contributed by atoms with Gasteiger partial charge in [-0.05, 0) is 40.5 Å². The zero-order valence-electron chi connectivity index (χ0n) is 20.4. The van der Waals surface area contributed by atoms with Gasteiger partial charge in [0.05, 0.1) is 24.6 Å². The quantitative estimate of drug-likeness (QED) is 0.239. The van der Waals surface area contributed by atoms with Gasteiger partial charge in [0, 0.05) is 6.04 Å². The Labute approximate surface area is 207 Å². The normalized spacial score (nSPS) is 17.7. The second kappa shape index (κ2) is 12.3. The van der Waals surface area contributed by atoms with Crippen molar-refractivity contribution >= 4 is 36.9 Å². The van der Waals surface area contributed by atoms with Gasteiger partial charge in [-0.2, -0.15) is 0 Å². The minimum atomic E-state index is -4.00. The lowest BCUT2D eigenvalue weighted by Crippen LogP contribution is -2.33. The number of nitrogens with zero attached hydrogens (tertiary/aromatic N) is 4. The smallest absolute Gasteiger partial charge is 0.432 e. The predicted molar refractivity (Wildman–Crippen MR) is 123 cm³/mol. The maximum Gasteiger partial charge on any atom is 0.510 e. The van der Waals surface area contributed by atoms with Gasteiger partial charge in [-0.3, -0.25) is 13.6 Å². The van der Waals surface area contributed by atoms with Crippen LogP contribution in [0.4, 0.5) is 15.4 Å². The molecule has 1 fully saturated rings. The highest BCUT2D eigenvalue weighted by atomic mass is 31.2. The first-order valence-electron chi connectivity index (χ1n) is 11.2. The summed E-state index contributed by atoms with van der Waals surface area (Å²) < 4.78 is 50.1. The first kappa shape index (κ1) is 27.6. The number of rotatable bonds is 12. The number of nitrogens with two attached hydrogens (primary N) is 1. The van der Waals surface area contributed by atoms with Crippen LogP contribution in [0.25, 0.3) is 11.2 Å². The molecule has 0 saturated heterocycles. The Morgan fingerprint density at radius 2 is 1.61 bits per heavy atom. The van der Waals surface area contributed by atoms with E-state index in [1.54, 1.807) is 34.0 Å². The molecule has 0 aromatic carbocycles. The van der Waals surface area contributed by atoms with Gasteiger partial charge < -0.3 is 34.0 Å². The highest BCUT2D eigenvalue weighted by molar-refractivity contribution is 7.53. The molecular weight excluding hydrogens is 501 g/mol. The number of carbonyl (C=O) groups is 2. The van der Waals surface area contributed by atoms with Crippen molar-refractivity contribution in [1.29, 1.82) is 0 Å². The van der Waals surface area contributed by atoms with Crippen LogP contribution >= 0.6 is 7.60 Å². The number of carbonyl (C=O) groups excluding carboxylic acids is 2. The van der Waals surface area contributed by atoms with Crippen LogP contribution in [0.3, 0.4) is 0 Å². The predicted octanol–water partition coefficient (Wildman–Crippen LogP) is 3.35. The fourth-order valence-corrected chi connectivity index (χ4v) is 4.15. The van der Waals surface area contributed by atoms with E-state index in [9.17, 15) is 14.2 Å².